The van der Waals surface area contributed by atoms with Crippen LogP contribution in [0.25, 0.3) is 0 Å². The number of piperidine rings is 1. The number of likely N-dealkylation sites (tertiary alicyclic amines) is 1. The fraction of sp³-hybridized carbons (Fsp3) is 0.846. The molecule has 2 unspecified atom stereocenters. The van der Waals surface area contributed by atoms with E-state index >= 15 is 0 Å². The third-order valence-corrected chi connectivity index (χ3v) is 4.15. The highest BCUT2D eigenvalue weighted by atomic mass is 16.4. The number of nitrogens with zero attached hydrogens (tertiary/aromatic N) is 1. The molecule has 0 aromatic heterocycles. The molecule has 1 amide bonds. The van der Waals surface area contributed by atoms with Crippen LogP contribution in [0.15, 0.2) is 0 Å². The van der Waals surface area contributed by atoms with Crippen molar-refractivity contribution in [3.8, 4) is 0 Å². The number of carboxylic acid groups (broad SMARTS) is 1. The maximum absolute atomic E-state index is 12.2. The quantitative estimate of drug-likeness (QED) is 0.771. The lowest BCUT2D eigenvalue weighted by Gasteiger charge is -2.40. The number of carbonyl (C=O) groups is 2. The minimum absolute atomic E-state index is 0.0128. The molecule has 1 aliphatic rings. The van der Waals surface area contributed by atoms with Crippen LogP contribution < -0.4 is 5.73 Å². The lowest BCUT2D eigenvalue weighted by molar-refractivity contribution is -0.156. The van der Waals surface area contributed by atoms with E-state index in [9.17, 15) is 14.7 Å². The van der Waals surface area contributed by atoms with Crippen LogP contribution in [0.5, 0.6) is 0 Å². The Balaban J connectivity index is 2.80. The summed E-state index contributed by atoms with van der Waals surface area (Å²) in [6, 6.07) is 0. The number of amides is 1. The zero-order chi connectivity index (χ0) is 13.8. The van der Waals surface area contributed by atoms with Crippen molar-refractivity contribution in [3.05, 3.63) is 0 Å². The number of nitrogens with two attached hydrogens (primary N) is 1. The molecule has 1 rings (SSSR count). The lowest BCUT2D eigenvalue weighted by atomic mass is 9.77. The standard InChI is InChI=1S/C13H24N2O3/c1-3-10(8-14)11(16)15-7-5-6-13(4-2,9-15)12(17)18/h10H,3-9,14H2,1-2H3,(H,17,18). The predicted molar refractivity (Wildman–Crippen MR) is 69.0 cm³/mol. The summed E-state index contributed by atoms with van der Waals surface area (Å²) in [6.45, 7) is 5.13. The third-order valence-electron chi connectivity index (χ3n) is 4.15. The fourth-order valence-corrected chi connectivity index (χ4v) is 2.63. The Kier molecular flexibility index (Phi) is 5.14. The van der Waals surface area contributed by atoms with Crippen LogP contribution in [0.1, 0.15) is 39.5 Å². The second-order valence-corrected chi connectivity index (χ2v) is 5.14. The smallest absolute Gasteiger partial charge is 0.311 e. The molecule has 5 nitrogen and oxygen atoms in total. The highest BCUT2D eigenvalue weighted by Gasteiger charge is 2.42. The third kappa shape index (κ3) is 2.83. The van der Waals surface area contributed by atoms with Crippen LogP contribution in [0.4, 0.5) is 0 Å². The molecule has 0 bridgehead atoms. The monoisotopic (exact) mass is 256 g/mol. The molecule has 1 saturated heterocycles. The van der Waals surface area contributed by atoms with Gasteiger partial charge in [-0.3, -0.25) is 9.59 Å². The molecule has 0 saturated carbocycles. The molecular formula is C13H24N2O3. The van der Waals surface area contributed by atoms with E-state index in [2.05, 4.69) is 0 Å². The molecule has 2 atom stereocenters. The van der Waals surface area contributed by atoms with Crippen molar-refractivity contribution in [2.24, 2.45) is 17.1 Å². The van der Waals surface area contributed by atoms with Gasteiger partial charge in [-0.1, -0.05) is 13.8 Å². The highest BCUT2D eigenvalue weighted by molar-refractivity contribution is 5.81. The van der Waals surface area contributed by atoms with Gasteiger partial charge < -0.3 is 15.7 Å². The molecule has 5 heteroatoms. The summed E-state index contributed by atoms with van der Waals surface area (Å²) in [4.78, 5) is 25.4. The summed E-state index contributed by atoms with van der Waals surface area (Å²) in [5.74, 6) is -0.950. The molecule has 1 aliphatic heterocycles. The number of hydrogen-bond acceptors (Lipinski definition) is 3. The summed E-state index contributed by atoms with van der Waals surface area (Å²) < 4.78 is 0. The van der Waals surface area contributed by atoms with Crippen LogP contribution in [0, 0.1) is 11.3 Å². The lowest BCUT2D eigenvalue weighted by Crippen LogP contribution is -2.51. The maximum atomic E-state index is 12.2. The van der Waals surface area contributed by atoms with Gasteiger partial charge >= 0.3 is 5.97 Å². The van der Waals surface area contributed by atoms with E-state index in [0.717, 1.165) is 6.42 Å². The van der Waals surface area contributed by atoms with Gasteiger partial charge in [0.15, 0.2) is 0 Å². The summed E-state index contributed by atoms with van der Waals surface area (Å²) in [7, 11) is 0. The van der Waals surface area contributed by atoms with Crippen LogP contribution in [0.2, 0.25) is 0 Å². The van der Waals surface area contributed by atoms with E-state index in [1.54, 1.807) is 4.90 Å². The van der Waals surface area contributed by atoms with Gasteiger partial charge in [-0.15, -0.1) is 0 Å². The fourth-order valence-electron chi connectivity index (χ4n) is 2.63. The molecule has 0 radical (unpaired) electrons. The first-order chi connectivity index (χ1) is 8.50. The summed E-state index contributed by atoms with van der Waals surface area (Å²) in [5, 5.41) is 9.38. The molecule has 18 heavy (non-hydrogen) atoms. The molecule has 1 fully saturated rings. The van der Waals surface area contributed by atoms with Gasteiger partial charge in [0.25, 0.3) is 0 Å². The number of carbonyl (C=O) groups excluding carboxylic acids is 1. The molecule has 0 aromatic rings. The molecule has 0 spiro atoms. The van der Waals surface area contributed by atoms with Crippen molar-refractivity contribution < 1.29 is 14.7 Å². The van der Waals surface area contributed by atoms with Crippen LogP contribution in [-0.2, 0) is 9.59 Å². The Bertz CT molecular complexity index is 315. The van der Waals surface area contributed by atoms with Gasteiger partial charge in [0, 0.05) is 19.6 Å². The largest absolute Gasteiger partial charge is 0.481 e. The number of carboxylic acids is 1. The van der Waals surface area contributed by atoms with Crippen molar-refractivity contribution >= 4 is 11.9 Å². The second-order valence-electron chi connectivity index (χ2n) is 5.14. The SMILES string of the molecule is CCC(CN)C(=O)N1CCCC(CC)(C(=O)O)C1. The molecular weight excluding hydrogens is 232 g/mol. The Hall–Kier alpha value is -1.10. The van der Waals surface area contributed by atoms with Crippen LogP contribution in [0.3, 0.4) is 0 Å². The zero-order valence-electron chi connectivity index (χ0n) is 11.3. The van der Waals surface area contributed by atoms with Crippen molar-refractivity contribution in [2.45, 2.75) is 39.5 Å². The van der Waals surface area contributed by atoms with Gasteiger partial charge in [-0.05, 0) is 25.7 Å². The average Bonchev–Trinajstić information content (AvgIpc) is 2.39. The first kappa shape index (κ1) is 15.0. The minimum atomic E-state index is -0.789. The van der Waals surface area contributed by atoms with Crippen LogP contribution in [-0.4, -0.2) is 41.5 Å². The predicted octanol–water partition coefficient (Wildman–Crippen LogP) is 1.07. The molecule has 104 valence electrons. The number of rotatable bonds is 5. The Morgan fingerprint density at radius 3 is 2.56 bits per heavy atom. The summed E-state index contributed by atoms with van der Waals surface area (Å²) in [6.07, 6.45) is 2.68. The number of aliphatic carboxylic acids is 1. The first-order valence-corrected chi connectivity index (χ1v) is 6.73. The first-order valence-electron chi connectivity index (χ1n) is 6.73. The van der Waals surface area contributed by atoms with Gasteiger partial charge in [0.05, 0.1) is 11.3 Å². The molecule has 0 aromatic carbocycles. The van der Waals surface area contributed by atoms with E-state index < -0.39 is 11.4 Å². The van der Waals surface area contributed by atoms with Crippen LogP contribution >= 0.6 is 0 Å². The van der Waals surface area contributed by atoms with Crippen molar-refractivity contribution in [1.82, 2.24) is 4.90 Å². The van der Waals surface area contributed by atoms with Gasteiger partial charge in [-0.2, -0.15) is 0 Å². The topological polar surface area (TPSA) is 83.6 Å². The van der Waals surface area contributed by atoms with Crippen molar-refractivity contribution in [2.75, 3.05) is 19.6 Å². The van der Waals surface area contributed by atoms with Crippen molar-refractivity contribution in [1.29, 1.82) is 0 Å². The molecule has 0 aliphatic carbocycles. The maximum Gasteiger partial charge on any atom is 0.311 e. The molecule has 3 N–H and O–H groups in total. The summed E-state index contributed by atoms with van der Waals surface area (Å²) >= 11 is 0. The normalized spacial score (nSPS) is 25.8. The van der Waals surface area contributed by atoms with Gasteiger partial charge in [0.1, 0.15) is 0 Å². The molecule has 1 heterocycles. The van der Waals surface area contributed by atoms with Gasteiger partial charge in [-0.25, -0.2) is 0 Å². The zero-order valence-corrected chi connectivity index (χ0v) is 11.3. The van der Waals surface area contributed by atoms with E-state index in [1.807, 2.05) is 13.8 Å². The second kappa shape index (κ2) is 6.18. The van der Waals surface area contributed by atoms with Crippen molar-refractivity contribution in [3.63, 3.8) is 0 Å². The van der Waals surface area contributed by atoms with E-state index in [-0.39, 0.29) is 11.8 Å². The Morgan fingerprint density at radius 2 is 2.11 bits per heavy atom. The Labute approximate surface area is 108 Å². The van der Waals surface area contributed by atoms with E-state index in [0.29, 0.717) is 38.9 Å². The van der Waals surface area contributed by atoms with E-state index in [4.69, 9.17) is 5.73 Å². The number of hydrogen-bond donors (Lipinski definition) is 2. The summed E-state index contributed by atoms with van der Waals surface area (Å²) in [5.41, 5.74) is 4.82. The average molecular weight is 256 g/mol. The van der Waals surface area contributed by atoms with Gasteiger partial charge in [0.2, 0.25) is 5.91 Å². The highest BCUT2D eigenvalue weighted by Crippen LogP contribution is 2.34. The van der Waals surface area contributed by atoms with E-state index in [1.165, 1.54) is 0 Å². The minimum Gasteiger partial charge on any atom is -0.481 e. The Morgan fingerprint density at radius 1 is 1.44 bits per heavy atom.